The van der Waals surface area contributed by atoms with E-state index in [1.807, 2.05) is 12.1 Å². The number of aromatic nitrogens is 1. The fraction of sp³-hybridized carbons (Fsp3) is 0.412. The van der Waals surface area contributed by atoms with Crippen molar-refractivity contribution in [2.45, 2.75) is 32.6 Å². The minimum Gasteiger partial charge on any atom is -0.497 e. The largest absolute Gasteiger partial charge is 0.497 e. The summed E-state index contributed by atoms with van der Waals surface area (Å²) in [6.45, 7) is 4.34. The zero-order valence-corrected chi connectivity index (χ0v) is 12.5. The summed E-state index contributed by atoms with van der Waals surface area (Å²) in [4.78, 5) is 16.6. The lowest BCUT2D eigenvalue weighted by molar-refractivity contribution is 0.0697. The summed E-state index contributed by atoms with van der Waals surface area (Å²) in [6.07, 6.45) is 1.79. The molecule has 1 aromatic carbocycles. The van der Waals surface area contributed by atoms with E-state index in [9.17, 15) is 9.90 Å². The van der Waals surface area contributed by atoms with Gasteiger partial charge in [0.2, 0.25) is 0 Å². The monoisotopic (exact) mass is 285 g/mol. The molecule has 2 aromatic rings. The highest BCUT2D eigenvalue weighted by molar-refractivity contribution is 6.04. The molecule has 1 aromatic heterocycles. The molecule has 1 heterocycles. The third-order valence-electron chi connectivity index (χ3n) is 4.67. The number of rotatable bonds is 2. The quantitative estimate of drug-likeness (QED) is 0.915. The van der Waals surface area contributed by atoms with Crippen molar-refractivity contribution in [3.63, 3.8) is 0 Å². The Morgan fingerprint density at radius 2 is 2.14 bits per heavy atom. The molecule has 21 heavy (non-hydrogen) atoms. The molecule has 1 aliphatic rings. The van der Waals surface area contributed by atoms with Crippen LogP contribution in [0.1, 0.15) is 47.8 Å². The number of ether oxygens (including phenoxy) is 1. The Balaban J connectivity index is 2.36. The van der Waals surface area contributed by atoms with E-state index < -0.39 is 5.97 Å². The van der Waals surface area contributed by atoms with Gasteiger partial charge in [-0.2, -0.15) is 0 Å². The number of hydrogen-bond acceptors (Lipinski definition) is 3. The van der Waals surface area contributed by atoms with Gasteiger partial charge >= 0.3 is 5.97 Å². The Kier molecular flexibility index (Phi) is 3.32. The predicted octanol–water partition coefficient (Wildman–Crippen LogP) is 3.63. The van der Waals surface area contributed by atoms with Crippen LogP contribution in [0, 0.1) is 5.92 Å². The number of pyridine rings is 1. The van der Waals surface area contributed by atoms with Gasteiger partial charge in [0.15, 0.2) is 0 Å². The molecule has 1 aliphatic carbocycles. The van der Waals surface area contributed by atoms with Crippen molar-refractivity contribution >= 4 is 16.9 Å². The van der Waals surface area contributed by atoms with Gasteiger partial charge in [-0.15, -0.1) is 0 Å². The fourth-order valence-electron chi connectivity index (χ4n) is 3.19. The number of aromatic carboxylic acids is 1. The van der Waals surface area contributed by atoms with Gasteiger partial charge in [-0.1, -0.05) is 13.8 Å². The highest BCUT2D eigenvalue weighted by atomic mass is 16.5. The molecule has 1 N–H and O–H groups in total. The number of fused-ring (bicyclic) bond motifs is 2. The Morgan fingerprint density at radius 1 is 1.38 bits per heavy atom. The molecule has 2 unspecified atom stereocenters. The van der Waals surface area contributed by atoms with Crippen molar-refractivity contribution in [2.24, 2.45) is 5.92 Å². The number of hydrogen-bond donors (Lipinski definition) is 1. The summed E-state index contributed by atoms with van der Waals surface area (Å²) in [5, 5.41) is 10.4. The summed E-state index contributed by atoms with van der Waals surface area (Å²) in [5.41, 5.74) is 2.97. The van der Waals surface area contributed by atoms with Crippen molar-refractivity contribution in [3.8, 4) is 5.75 Å². The van der Waals surface area contributed by atoms with Crippen LogP contribution in [0.4, 0.5) is 0 Å². The van der Waals surface area contributed by atoms with Crippen molar-refractivity contribution in [1.29, 1.82) is 0 Å². The minimum absolute atomic E-state index is 0.290. The summed E-state index contributed by atoms with van der Waals surface area (Å²) < 4.78 is 5.22. The normalized spacial score (nSPS) is 21.1. The number of nitrogens with zero attached hydrogens (tertiary/aromatic N) is 1. The summed E-state index contributed by atoms with van der Waals surface area (Å²) in [5.74, 6) is 0.596. The second kappa shape index (κ2) is 5.02. The van der Waals surface area contributed by atoms with E-state index in [2.05, 4.69) is 13.8 Å². The standard InChI is InChI=1S/C17H19NO3/c1-9-4-6-12-15(17(19)20)13-8-11(21-3)5-7-14(13)18-16(12)10(9)2/h5,7-10H,4,6H2,1-3H3,(H,19,20). The topological polar surface area (TPSA) is 59.4 Å². The van der Waals surface area contributed by atoms with E-state index in [0.717, 1.165) is 29.6 Å². The van der Waals surface area contributed by atoms with Crippen LogP contribution >= 0.6 is 0 Å². The van der Waals surface area contributed by atoms with Crippen LogP contribution in [0.2, 0.25) is 0 Å². The molecule has 0 radical (unpaired) electrons. The molecular weight excluding hydrogens is 266 g/mol. The molecule has 0 spiro atoms. The van der Waals surface area contributed by atoms with Crippen LogP contribution in [0.3, 0.4) is 0 Å². The van der Waals surface area contributed by atoms with E-state index in [1.54, 1.807) is 13.2 Å². The van der Waals surface area contributed by atoms with Gasteiger partial charge in [0, 0.05) is 17.0 Å². The zero-order chi connectivity index (χ0) is 15.1. The van der Waals surface area contributed by atoms with Crippen LogP contribution in [0.25, 0.3) is 10.9 Å². The summed E-state index contributed by atoms with van der Waals surface area (Å²) in [6, 6.07) is 5.44. The van der Waals surface area contributed by atoms with Crippen LogP contribution in [0.5, 0.6) is 5.75 Å². The lowest BCUT2D eigenvalue weighted by Crippen LogP contribution is -2.21. The van der Waals surface area contributed by atoms with Crippen molar-refractivity contribution in [2.75, 3.05) is 7.11 Å². The second-order valence-corrected chi connectivity index (χ2v) is 5.84. The van der Waals surface area contributed by atoms with Gasteiger partial charge in [0.25, 0.3) is 0 Å². The third-order valence-corrected chi connectivity index (χ3v) is 4.67. The van der Waals surface area contributed by atoms with Gasteiger partial charge in [0.05, 0.1) is 18.2 Å². The Morgan fingerprint density at radius 3 is 2.81 bits per heavy atom. The molecule has 0 bridgehead atoms. The average molecular weight is 285 g/mol. The van der Waals surface area contributed by atoms with E-state index in [-0.39, 0.29) is 0 Å². The van der Waals surface area contributed by atoms with E-state index in [1.165, 1.54) is 0 Å². The van der Waals surface area contributed by atoms with Gasteiger partial charge in [-0.3, -0.25) is 4.98 Å². The first kappa shape index (κ1) is 13.9. The van der Waals surface area contributed by atoms with Crippen molar-refractivity contribution < 1.29 is 14.6 Å². The Labute approximate surface area is 123 Å². The third kappa shape index (κ3) is 2.15. The van der Waals surface area contributed by atoms with Gasteiger partial charge in [0.1, 0.15) is 5.75 Å². The molecule has 0 fully saturated rings. The average Bonchev–Trinajstić information content (AvgIpc) is 2.48. The molecule has 0 saturated carbocycles. The minimum atomic E-state index is -0.881. The maximum absolute atomic E-state index is 11.8. The predicted molar refractivity (Wildman–Crippen MR) is 81.2 cm³/mol. The molecular formula is C17H19NO3. The molecule has 2 atom stereocenters. The first-order chi connectivity index (χ1) is 10.0. The van der Waals surface area contributed by atoms with Crippen molar-refractivity contribution in [1.82, 2.24) is 4.98 Å². The SMILES string of the molecule is COc1ccc2nc3c(c(C(=O)O)c2c1)CCC(C)C3C. The fourth-order valence-corrected chi connectivity index (χ4v) is 3.19. The molecule has 4 heteroatoms. The lowest BCUT2D eigenvalue weighted by Gasteiger charge is -2.29. The van der Waals surface area contributed by atoms with E-state index >= 15 is 0 Å². The number of carboxylic acid groups (broad SMARTS) is 1. The van der Waals surface area contributed by atoms with E-state index in [0.29, 0.717) is 28.5 Å². The molecule has 0 aliphatic heterocycles. The maximum Gasteiger partial charge on any atom is 0.336 e. The first-order valence-corrected chi connectivity index (χ1v) is 7.26. The maximum atomic E-state index is 11.8. The van der Waals surface area contributed by atoms with Crippen LogP contribution in [0.15, 0.2) is 18.2 Å². The number of benzene rings is 1. The summed E-state index contributed by atoms with van der Waals surface area (Å²) in [7, 11) is 1.58. The first-order valence-electron chi connectivity index (χ1n) is 7.26. The zero-order valence-electron chi connectivity index (χ0n) is 12.5. The highest BCUT2D eigenvalue weighted by Crippen LogP contribution is 2.39. The molecule has 110 valence electrons. The molecule has 3 rings (SSSR count). The van der Waals surface area contributed by atoms with Gasteiger partial charge in [-0.05, 0) is 42.5 Å². The van der Waals surface area contributed by atoms with Crippen LogP contribution < -0.4 is 4.74 Å². The lowest BCUT2D eigenvalue weighted by atomic mass is 9.78. The highest BCUT2D eigenvalue weighted by Gasteiger charge is 2.29. The van der Waals surface area contributed by atoms with E-state index in [4.69, 9.17) is 9.72 Å². The number of carboxylic acids is 1. The smallest absolute Gasteiger partial charge is 0.336 e. The molecule has 4 nitrogen and oxygen atoms in total. The van der Waals surface area contributed by atoms with Gasteiger partial charge in [-0.25, -0.2) is 4.79 Å². The summed E-state index contributed by atoms with van der Waals surface area (Å²) >= 11 is 0. The Bertz CT molecular complexity index is 724. The molecule has 0 amide bonds. The molecule has 0 saturated heterocycles. The Hall–Kier alpha value is -2.10. The number of methoxy groups -OCH3 is 1. The number of carbonyl (C=O) groups is 1. The second-order valence-electron chi connectivity index (χ2n) is 5.84. The van der Waals surface area contributed by atoms with Crippen molar-refractivity contribution in [3.05, 3.63) is 35.0 Å². The van der Waals surface area contributed by atoms with Crippen LogP contribution in [-0.2, 0) is 6.42 Å². The van der Waals surface area contributed by atoms with Gasteiger partial charge < -0.3 is 9.84 Å². The van der Waals surface area contributed by atoms with Crippen LogP contribution in [-0.4, -0.2) is 23.2 Å².